The van der Waals surface area contributed by atoms with Crippen molar-refractivity contribution in [3.63, 3.8) is 0 Å². The number of hydrogen-bond acceptors (Lipinski definition) is 2. The van der Waals surface area contributed by atoms with Crippen molar-refractivity contribution in [2.45, 2.75) is 33.2 Å². The van der Waals surface area contributed by atoms with E-state index in [0.29, 0.717) is 5.92 Å². The number of carbonyl (C=O) groups is 1. The van der Waals surface area contributed by atoms with Crippen molar-refractivity contribution in [1.82, 2.24) is 0 Å². The van der Waals surface area contributed by atoms with Gasteiger partial charge in [-0.3, -0.25) is 4.79 Å². The number of carbonyl (C=O) groups excluding carboxylic acids is 1. The van der Waals surface area contributed by atoms with E-state index in [0.717, 1.165) is 34.5 Å². The van der Waals surface area contributed by atoms with E-state index < -0.39 is 0 Å². The monoisotopic (exact) mass is 309 g/mol. The molecule has 0 N–H and O–H groups in total. The van der Waals surface area contributed by atoms with E-state index in [1.807, 2.05) is 48.2 Å². The highest BCUT2D eigenvalue weighted by Gasteiger charge is 2.35. The van der Waals surface area contributed by atoms with Crippen molar-refractivity contribution >= 4 is 11.6 Å². The highest BCUT2D eigenvalue weighted by molar-refractivity contribution is 6.09. The van der Waals surface area contributed by atoms with Crippen molar-refractivity contribution in [3.05, 3.63) is 59.2 Å². The van der Waals surface area contributed by atoms with Gasteiger partial charge < -0.3 is 9.64 Å². The van der Waals surface area contributed by atoms with E-state index in [9.17, 15) is 4.79 Å². The van der Waals surface area contributed by atoms with Crippen LogP contribution in [0.15, 0.2) is 42.5 Å². The van der Waals surface area contributed by atoms with Crippen LogP contribution in [-0.2, 0) is 6.42 Å². The number of benzene rings is 2. The molecular formula is C20H23NO2. The quantitative estimate of drug-likeness (QED) is 0.849. The van der Waals surface area contributed by atoms with E-state index in [1.165, 1.54) is 0 Å². The lowest BCUT2D eigenvalue weighted by atomic mass is 9.87. The van der Waals surface area contributed by atoms with Crippen molar-refractivity contribution in [3.8, 4) is 5.75 Å². The zero-order valence-corrected chi connectivity index (χ0v) is 14.2. The van der Waals surface area contributed by atoms with Gasteiger partial charge in [0.05, 0.1) is 7.11 Å². The second-order valence-corrected chi connectivity index (χ2v) is 6.50. The van der Waals surface area contributed by atoms with Crippen LogP contribution in [0, 0.1) is 12.8 Å². The van der Waals surface area contributed by atoms with Gasteiger partial charge in [-0.2, -0.15) is 0 Å². The average Bonchev–Trinajstić information content (AvgIpc) is 2.55. The normalized spacial score (nSPS) is 17.3. The van der Waals surface area contributed by atoms with Gasteiger partial charge in [0.2, 0.25) is 0 Å². The Kier molecular flexibility index (Phi) is 4.12. The van der Waals surface area contributed by atoms with E-state index in [-0.39, 0.29) is 11.9 Å². The summed E-state index contributed by atoms with van der Waals surface area (Å²) >= 11 is 0. The van der Waals surface area contributed by atoms with Crippen LogP contribution in [0.3, 0.4) is 0 Å². The smallest absolute Gasteiger partial charge is 0.258 e. The minimum atomic E-state index is 0.0961. The number of fused-ring (bicyclic) bond motifs is 1. The minimum Gasteiger partial charge on any atom is -0.497 e. The maximum atomic E-state index is 13.1. The molecule has 3 nitrogen and oxygen atoms in total. The van der Waals surface area contributed by atoms with Crippen LogP contribution in [0.5, 0.6) is 5.75 Å². The van der Waals surface area contributed by atoms with Crippen LogP contribution in [0.4, 0.5) is 5.69 Å². The van der Waals surface area contributed by atoms with E-state index >= 15 is 0 Å². The minimum absolute atomic E-state index is 0.0961. The van der Waals surface area contributed by atoms with Gasteiger partial charge >= 0.3 is 0 Å². The molecule has 2 aromatic rings. The number of rotatable bonds is 3. The third-order valence-corrected chi connectivity index (χ3v) is 4.66. The maximum absolute atomic E-state index is 13.1. The van der Waals surface area contributed by atoms with Gasteiger partial charge in [-0.25, -0.2) is 0 Å². The van der Waals surface area contributed by atoms with E-state index in [1.54, 1.807) is 7.11 Å². The standard InChI is InChI=1S/C20H23NO2/c1-13(2)19-12-15-7-5-6-8-17(15)20(22)21(19)18-10-9-16(23-4)11-14(18)3/h5-11,13,19H,12H2,1-4H3. The van der Waals surface area contributed by atoms with Gasteiger partial charge in [0.1, 0.15) is 5.75 Å². The second-order valence-electron chi connectivity index (χ2n) is 6.50. The highest BCUT2D eigenvalue weighted by atomic mass is 16.5. The number of aryl methyl sites for hydroxylation is 1. The fraction of sp³-hybridized carbons (Fsp3) is 0.350. The number of nitrogens with zero attached hydrogens (tertiary/aromatic N) is 1. The van der Waals surface area contributed by atoms with E-state index in [4.69, 9.17) is 4.74 Å². The Morgan fingerprint density at radius 3 is 2.57 bits per heavy atom. The molecule has 0 radical (unpaired) electrons. The largest absolute Gasteiger partial charge is 0.497 e. The summed E-state index contributed by atoms with van der Waals surface area (Å²) in [6, 6.07) is 14.0. The molecule has 1 unspecified atom stereocenters. The fourth-order valence-electron chi connectivity index (χ4n) is 3.35. The summed E-state index contributed by atoms with van der Waals surface area (Å²) in [5.41, 5.74) is 4.00. The summed E-state index contributed by atoms with van der Waals surface area (Å²) in [5, 5.41) is 0. The molecular weight excluding hydrogens is 286 g/mol. The number of ether oxygens (including phenoxy) is 1. The summed E-state index contributed by atoms with van der Waals surface area (Å²) in [6.07, 6.45) is 0.894. The summed E-state index contributed by atoms with van der Waals surface area (Å²) in [5.74, 6) is 1.30. The Balaban J connectivity index is 2.10. The molecule has 1 aliphatic rings. The molecule has 0 aliphatic carbocycles. The van der Waals surface area contributed by atoms with Crippen LogP contribution >= 0.6 is 0 Å². The molecule has 0 saturated carbocycles. The first-order valence-corrected chi connectivity index (χ1v) is 8.09. The molecule has 3 rings (SSSR count). The molecule has 0 fully saturated rings. The fourth-order valence-corrected chi connectivity index (χ4v) is 3.35. The van der Waals surface area contributed by atoms with E-state index in [2.05, 4.69) is 19.9 Å². The van der Waals surface area contributed by atoms with Gasteiger partial charge in [-0.1, -0.05) is 32.0 Å². The predicted octanol–water partition coefficient (Wildman–Crippen LogP) is 4.23. The predicted molar refractivity (Wildman–Crippen MR) is 93.3 cm³/mol. The van der Waals surface area contributed by atoms with Gasteiger partial charge in [-0.05, 0) is 54.7 Å². The number of methoxy groups -OCH3 is 1. The third kappa shape index (κ3) is 2.72. The van der Waals surface area contributed by atoms with Crippen molar-refractivity contribution < 1.29 is 9.53 Å². The second kappa shape index (κ2) is 6.07. The molecule has 23 heavy (non-hydrogen) atoms. The van der Waals surface area contributed by atoms with Crippen LogP contribution in [-0.4, -0.2) is 19.1 Å². The topological polar surface area (TPSA) is 29.5 Å². The number of amides is 1. The summed E-state index contributed by atoms with van der Waals surface area (Å²) in [7, 11) is 1.66. The molecule has 0 saturated heterocycles. The molecule has 1 amide bonds. The van der Waals surface area contributed by atoms with Crippen molar-refractivity contribution in [2.24, 2.45) is 5.92 Å². The molecule has 0 aromatic heterocycles. The summed E-state index contributed by atoms with van der Waals surface area (Å²) in [6.45, 7) is 6.39. The van der Waals surface area contributed by atoms with Crippen molar-refractivity contribution in [1.29, 1.82) is 0 Å². The molecule has 0 bridgehead atoms. The van der Waals surface area contributed by atoms with Gasteiger partial charge in [0, 0.05) is 17.3 Å². The van der Waals surface area contributed by atoms with Gasteiger partial charge in [0.15, 0.2) is 0 Å². The van der Waals surface area contributed by atoms with Gasteiger partial charge in [-0.15, -0.1) is 0 Å². The molecule has 120 valence electrons. The molecule has 2 aromatic carbocycles. The molecule has 1 aliphatic heterocycles. The van der Waals surface area contributed by atoms with Crippen molar-refractivity contribution in [2.75, 3.05) is 12.0 Å². The lowest BCUT2D eigenvalue weighted by Gasteiger charge is -2.39. The highest BCUT2D eigenvalue weighted by Crippen LogP contribution is 2.34. The molecule has 3 heteroatoms. The molecule has 1 atom stereocenters. The first-order valence-electron chi connectivity index (χ1n) is 8.09. The Morgan fingerprint density at radius 1 is 1.17 bits per heavy atom. The summed E-state index contributed by atoms with van der Waals surface area (Å²) < 4.78 is 5.29. The lowest BCUT2D eigenvalue weighted by Crippen LogP contribution is -2.49. The first-order chi connectivity index (χ1) is 11.0. The SMILES string of the molecule is COc1ccc(N2C(=O)c3ccccc3CC2C(C)C)c(C)c1. The Hall–Kier alpha value is -2.29. The zero-order valence-electron chi connectivity index (χ0n) is 14.2. The van der Waals surface area contributed by atoms with Gasteiger partial charge in [0.25, 0.3) is 5.91 Å². The number of anilines is 1. The number of hydrogen-bond donors (Lipinski definition) is 0. The third-order valence-electron chi connectivity index (χ3n) is 4.66. The Bertz CT molecular complexity index is 736. The van der Waals surface area contributed by atoms with Crippen LogP contribution < -0.4 is 9.64 Å². The average molecular weight is 309 g/mol. The molecule has 1 heterocycles. The van der Waals surface area contributed by atoms with Crippen LogP contribution in [0.2, 0.25) is 0 Å². The van der Waals surface area contributed by atoms with Crippen LogP contribution in [0.1, 0.15) is 35.3 Å². The van der Waals surface area contributed by atoms with Crippen LogP contribution in [0.25, 0.3) is 0 Å². The Labute approximate surface area is 137 Å². The lowest BCUT2D eigenvalue weighted by molar-refractivity contribution is 0.0958. The first kappa shape index (κ1) is 15.6. The summed E-state index contributed by atoms with van der Waals surface area (Å²) in [4.78, 5) is 15.1. The zero-order chi connectivity index (χ0) is 16.6. The Morgan fingerprint density at radius 2 is 1.91 bits per heavy atom. The molecule has 0 spiro atoms. The maximum Gasteiger partial charge on any atom is 0.258 e.